The Hall–Kier alpha value is -8.63. The summed E-state index contributed by atoms with van der Waals surface area (Å²) in [6.45, 7) is 15.4. The molecule has 6 amide bonds. The van der Waals surface area contributed by atoms with Gasteiger partial charge in [0.15, 0.2) is 23.3 Å². The van der Waals surface area contributed by atoms with Crippen molar-refractivity contribution in [3.05, 3.63) is 195 Å². The first-order chi connectivity index (χ1) is 52.2. The topological polar surface area (TPSA) is 212 Å². The van der Waals surface area contributed by atoms with Crippen LogP contribution in [0, 0.1) is 86.8 Å². The molecule has 8 fully saturated rings. The minimum absolute atomic E-state index is 0.000543. The van der Waals surface area contributed by atoms with Crippen molar-refractivity contribution in [2.75, 3.05) is 81.1 Å². The first-order valence-corrected chi connectivity index (χ1v) is 41.0. The van der Waals surface area contributed by atoms with E-state index in [0.717, 1.165) is 121 Å². The van der Waals surface area contributed by atoms with Crippen LogP contribution in [0.3, 0.4) is 0 Å². The molecule has 109 heavy (non-hydrogen) atoms. The standard InChI is InChI=1S/C29H36F2N4O.C28H32ClFN4O.C28H32F2N4O3S/c1-19(2)34(20(3)4)12-13-35(28(36)33-24-8-9-26(30)27(31)16-24)25-10-11-29(17-23(29)15-25)22-7-5-6-21(14-22)18-32;29-24-17-22(8-9-25(24)30)32-27(35)34(15-4-3-14-33-12-1-2-13-33)26-10-11-28(18-23(26)28)21-7-5-6-20(16-21)19-31;1-38(36,37)33-11-8-19(9-12-33)18-34(27(35)32-23-5-6-25(29)26(30)15-23)24-7-10-28(16-22(28)14-24)21-4-2-3-20(13-21)17-31/h5-9,14,16,19-20,23,25H,10-13,15,17H2,1-4H3,(H,33,36);5-9,16-17,23,26H,1-4,10-15,18H2,(H,32,35);2-6,13,15,19,22,24H,7-12,14,16,18H2,1H3,(H,32,35)/t23?,25-,29+;23-,26-,28-;22?,24-,28-/m011/s1. The number of unbranched alkanes of at least 4 members (excludes halogenated alkanes) is 1. The van der Waals surface area contributed by atoms with E-state index in [1.165, 1.54) is 77.4 Å². The molecule has 6 aromatic rings. The van der Waals surface area contributed by atoms with Crippen molar-refractivity contribution in [1.82, 2.24) is 28.8 Å². The van der Waals surface area contributed by atoms with Crippen LogP contribution < -0.4 is 16.0 Å². The van der Waals surface area contributed by atoms with Crippen molar-refractivity contribution in [3.8, 4) is 18.2 Å². The maximum absolute atomic E-state index is 13.8. The molecule has 2 unspecified atom stereocenters. The van der Waals surface area contributed by atoms with Crippen LogP contribution in [0.2, 0.25) is 5.02 Å². The first kappa shape index (κ1) is 79.9. The highest BCUT2D eigenvalue weighted by molar-refractivity contribution is 7.88. The summed E-state index contributed by atoms with van der Waals surface area (Å²) in [4.78, 5) is 51.0. The number of nitrogens with one attached hydrogen (secondary N) is 3. The van der Waals surface area contributed by atoms with Crippen LogP contribution >= 0.6 is 11.6 Å². The lowest BCUT2D eigenvalue weighted by atomic mass is 9.79. The molecule has 8 aliphatic rings. The number of carbonyl (C=O) groups excluding carboxylic acids is 3. The second kappa shape index (κ2) is 34.3. The van der Waals surface area contributed by atoms with E-state index in [1.54, 1.807) is 6.07 Å². The molecule has 0 aromatic heterocycles. The van der Waals surface area contributed by atoms with E-state index in [0.29, 0.717) is 97.8 Å². The van der Waals surface area contributed by atoms with Gasteiger partial charge in [-0.25, -0.2) is 49.1 Å². The third-order valence-electron chi connectivity index (χ3n) is 24.9. The molecule has 6 aromatic carbocycles. The van der Waals surface area contributed by atoms with E-state index in [2.05, 4.69) is 89.9 Å². The fourth-order valence-corrected chi connectivity index (χ4v) is 19.9. The fraction of sp³-hybridized carbons (Fsp3) is 0.506. The van der Waals surface area contributed by atoms with Gasteiger partial charge < -0.3 is 35.6 Å². The van der Waals surface area contributed by atoms with Crippen LogP contribution in [0.25, 0.3) is 0 Å². The molecule has 6 saturated carbocycles. The molecule has 2 saturated heterocycles. The van der Waals surface area contributed by atoms with Crippen molar-refractivity contribution >= 4 is 56.8 Å². The Kier molecular flexibility index (Phi) is 25.2. The van der Waals surface area contributed by atoms with Gasteiger partial charge in [-0.2, -0.15) is 15.8 Å². The molecule has 0 spiro atoms. The lowest BCUT2D eigenvalue weighted by Crippen LogP contribution is -2.50. The summed E-state index contributed by atoms with van der Waals surface area (Å²) in [6, 6.07) is 41.5. The SMILES string of the molecule is CC(C)N(CCN(C(=O)Nc1ccc(F)c(F)c1)[C@H]1CC[C@]2(c3cccc(C#N)c3)CC2C1)C(C)C.CS(=O)(=O)N1CCC(CN(C(=O)Nc2ccc(F)c(F)c2)[C@@H]2CC[C@]3(c4cccc(C#N)c4)CC3C2)CC1.N#Cc1cccc([C@]23CC[C@@H](N(CCCCN4CCCC4)C(=O)Nc4ccc(F)c(Cl)c4)[C@H]2C3)c1. The number of carbonyl (C=O) groups is 3. The summed E-state index contributed by atoms with van der Waals surface area (Å²) in [5.74, 6) is -3.01. The van der Waals surface area contributed by atoms with Crippen LogP contribution in [-0.2, 0) is 26.3 Å². The summed E-state index contributed by atoms with van der Waals surface area (Å²) in [6.07, 6.45) is 17.5. The summed E-state index contributed by atoms with van der Waals surface area (Å²) in [5, 5.41) is 36.5. The van der Waals surface area contributed by atoms with Crippen LogP contribution in [0.5, 0.6) is 0 Å². The molecule has 9 atom stereocenters. The maximum atomic E-state index is 13.8. The number of sulfonamides is 1. The molecule has 578 valence electrons. The van der Waals surface area contributed by atoms with Gasteiger partial charge in [-0.3, -0.25) is 4.90 Å². The number of fused-ring (bicyclic) bond motifs is 3. The highest BCUT2D eigenvalue weighted by atomic mass is 35.5. The number of hydrogen-bond donors (Lipinski definition) is 3. The molecular formula is C85H100ClF5N12O5S. The predicted molar refractivity (Wildman–Crippen MR) is 413 cm³/mol. The van der Waals surface area contributed by atoms with Crippen LogP contribution in [0.1, 0.15) is 170 Å². The van der Waals surface area contributed by atoms with Gasteiger partial charge >= 0.3 is 18.1 Å². The number of hydrogen-bond acceptors (Lipinski definition) is 10. The third-order valence-corrected chi connectivity index (χ3v) is 26.5. The monoisotopic (exact) mass is 1530 g/mol. The van der Waals surface area contributed by atoms with Crippen molar-refractivity contribution in [1.29, 1.82) is 15.8 Å². The number of piperidine rings is 1. The molecule has 6 aliphatic carbocycles. The predicted octanol–water partition coefficient (Wildman–Crippen LogP) is 17.3. The summed E-state index contributed by atoms with van der Waals surface area (Å²) in [7, 11) is -3.25. The Balaban J connectivity index is 0.000000153. The number of likely N-dealkylation sites (tertiary alicyclic amines) is 1. The molecule has 14 rings (SSSR count). The number of amides is 6. The maximum Gasteiger partial charge on any atom is 0.322 e. The van der Waals surface area contributed by atoms with E-state index in [4.69, 9.17) is 11.6 Å². The van der Waals surface area contributed by atoms with E-state index in [-0.39, 0.29) is 74.8 Å². The lowest BCUT2D eigenvalue weighted by molar-refractivity contribution is 0.120. The molecule has 3 N–H and O–H groups in total. The molecule has 2 heterocycles. The van der Waals surface area contributed by atoms with E-state index in [9.17, 15) is 60.5 Å². The second-order valence-corrected chi connectivity index (χ2v) is 34.5. The average molecular weight is 1530 g/mol. The highest BCUT2D eigenvalue weighted by Gasteiger charge is 2.64. The Morgan fingerprint density at radius 3 is 1.45 bits per heavy atom. The second-order valence-electron chi connectivity index (χ2n) is 32.1. The van der Waals surface area contributed by atoms with Crippen LogP contribution in [0.4, 0.5) is 53.4 Å². The van der Waals surface area contributed by atoms with Gasteiger partial charge in [0, 0.05) is 104 Å². The summed E-state index contributed by atoms with van der Waals surface area (Å²) >= 11 is 5.94. The van der Waals surface area contributed by atoms with Gasteiger partial charge in [0.25, 0.3) is 0 Å². The number of urea groups is 3. The third kappa shape index (κ3) is 18.7. The molecule has 24 heteroatoms. The molecule has 17 nitrogen and oxygen atoms in total. The Morgan fingerprint density at radius 2 is 0.991 bits per heavy atom. The minimum Gasteiger partial charge on any atom is -0.321 e. The normalized spacial score (nSPS) is 24.6. The van der Waals surface area contributed by atoms with Crippen molar-refractivity contribution in [3.63, 3.8) is 0 Å². The number of rotatable bonds is 22. The number of halogens is 6. The Bertz CT molecular complexity index is 4530. The molecule has 2 aliphatic heterocycles. The lowest BCUT2D eigenvalue weighted by Gasteiger charge is -2.40. The number of anilines is 3. The van der Waals surface area contributed by atoms with E-state index < -0.39 is 39.1 Å². The Labute approximate surface area is 643 Å². The smallest absolute Gasteiger partial charge is 0.321 e. The van der Waals surface area contributed by atoms with Crippen LogP contribution in [0.15, 0.2) is 127 Å². The molecule has 0 radical (unpaired) electrons. The van der Waals surface area contributed by atoms with Gasteiger partial charge in [-0.15, -0.1) is 0 Å². The van der Waals surface area contributed by atoms with Gasteiger partial charge in [-0.05, 0) is 287 Å². The quantitative estimate of drug-likeness (QED) is 0.0432. The first-order valence-electron chi connectivity index (χ1n) is 38.8. The van der Waals surface area contributed by atoms with Gasteiger partial charge in [0.05, 0.1) is 46.2 Å². The van der Waals surface area contributed by atoms with Crippen molar-refractivity contribution in [2.45, 2.75) is 183 Å². The Morgan fingerprint density at radius 1 is 0.532 bits per heavy atom. The number of nitriles is 3. The minimum atomic E-state index is -3.25. The molecular weight excluding hydrogens is 1430 g/mol. The number of nitrogens with zero attached hydrogens (tertiary/aromatic N) is 9. The van der Waals surface area contributed by atoms with Crippen LogP contribution in [-0.4, -0.2) is 151 Å². The fourth-order valence-electron chi connectivity index (χ4n) is 18.8. The zero-order valence-electron chi connectivity index (χ0n) is 62.9. The van der Waals surface area contributed by atoms with Crippen molar-refractivity contribution in [2.24, 2.45) is 23.7 Å². The average Bonchev–Trinajstić information content (AvgIpc) is 1.55. The van der Waals surface area contributed by atoms with Crippen molar-refractivity contribution < 1.29 is 44.8 Å². The zero-order valence-corrected chi connectivity index (χ0v) is 64.5. The van der Waals surface area contributed by atoms with E-state index in [1.807, 2.05) is 69.3 Å². The number of benzene rings is 6. The zero-order chi connectivity index (χ0) is 77.5. The largest absolute Gasteiger partial charge is 0.322 e. The van der Waals surface area contributed by atoms with Gasteiger partial charge in [0.2, 0.25) is 10.0 Å². The highest BCUT2D eigenvalue weighted by Crippen LogP contribution is 2.66. The van der Waals surface area contributed by atoms with Gasteiger partial charge in [0.1, 0.15) is 5.82 Å². The van der Waals surface area contributed by atoms with Gasteiger partial charge in [-0.1, -0.05) is 48.0 Å². The molecule has 0 bridgehead atoms. The summed E-state index contributed by atoms with van der Waals surface area (Å²) < 4.78 is 93.3. The summed E-state index contributed by atoms with van der Waals surface area (Å²) in [5.41, 5.74) is 6.84. The van der Waals surface area contributed by atoms with E-state index >= 15 is 0 Å².